The molecule has 9 heteroatoms. The summed E-state index contributed by atoms with van der Waals surface area (Å²) < 4.78 is 24.4. The molecule has 0 bridgehead atoms. The first-order valence-corrected chi connectivity index (χ1v) is 9.56. The van der Waals surface area contributed by atoms with E-state index in [4.69, 9.17) is 0 Å². The van der Waals surface area contributed by atoms with Crippen LogP contribution in [0, 0.1) is 6.92 Å². The quantitative estimate of drug-likeness (QED) is 0.740. The molecular formula is C16H20N6O2S. The number of likely N-dealkylation sites (N-methyl/N-ethyl adjacent to an activating group) is 1. The fourth-order valence-electron chi connectivity index (χ4n) is 2.45. The molecule has 0 spiro atoms. The summed E-state index contributed by atoms with van der Waals surface area (Å²) in [6.07, 6.45) is 2.99. The molecule has 0 amide bonds. The first-order valence-electron chi connectivity index (χ1n) is 7.67. The van der Waals surface area contributed by atoms with Crippen LogP contribution in [0.5, 0.6) is 0 Å². The Hall–Kier alpha value is -2.65. The van der Waals surface area contributed by atoms with Crippen LogP contribution >= 0.6 is 0 Å². The number of aromatic nitrogens is 2. The topological polar surface area (TPSA) is 99.2 Å². The Kier molecular flexibility index (Phi) is 4.60. The third kappa shape index (κ3) is 4.06. The second-order valence-electron chi connectivity index (χ2n) is 5.92. The van der Waals surface area contributed by atoms with Crippen LogP contribution in [-0.2, 0) is 9.84 Å². The van der Waals surface area contributed by atoms with E-state index in [-0.39, 0.29) is 4.90 Å². The lowest BCUT2D eigenvalue weighted by molar-refractivity contribution is 0.329. The predicted molar refractivity (Wildman–Crippen MR) is 97.1 cm³/mol. The molecule has 0 saturated heterocycles. The van der Waals surface area contributed by atoms with Gasteiger partial charge >= 0.3 is 0 Å². The lowest BCUT2D eigenvalue weighted by Crippen LogP contribution is -2.25. The molecule has 3 N–H and O–H groups in total. The molecule has 0 radical (unpaired) electrons. The number of aryl methyl sites for hydroxylation is 1. The Morgan fingerprint density at radius 3 is 2.56 bits per heavy atom. The van der Waals surface area contributed by atoms with Gasteiger partial charge in [0.2, 0.25) is 0 Å². The summed E-state index contributed by atoms with van der Waals surface area (Å²) >= 11 is 0. The molecule has 1 aromatic carbocycles. The van der Waals surface area contributed by atoms with E-state index in [1.165, 1.54) is 6.26 Å². The van der Waals surface area contributed by atoms with Gasteiger partial charge in [-0.3, -0.25) is 0 Å². The summed E-state index contributed by atoms with van der Waals surface area (Å²) in [6.45, 7) is 2.48. The largest absolute Gasteiger partial charge is 0.354 e. The molecule has 0 unspecified atom stereocenters. The zero-order valence-electron chi connectivity index (χ0n) is 14.2. The lowest BCUT2D eigenvalue weighted by Gasteiger charge is -2.17. The summed E-state index contributed by atoms with van der Waals surface area (Å²) in [5.74, 6) is 0.537. The molecule has 132 valence electrons. The van der Waals surface area contributed by atoms with Crippen LogP contribution in [0.1, 0.15) is 5.69 Å². The standard InChI is InChI=1S/C16H20N6O2S/c1-11-7-8-15(21-20-11)19-13-5-4-6-14(25(3,23)24)16(13)18-12-9-17-22(2)10-12/h4-9,17-18H,10H2,1-3H3,(H,19,21). The van der Waals surface area contributed by atoms with Crippen LogP contribution in [0.25, 0.3) is 0 Å². The van der Waals surface area contributed by atoms with Gasteiger partial charge in [0.05, 0.1) is 28.5 Å². The number of hydrogen-bond donors (Lipinski definition) is 3. The smallest absolute Gasteiger partial charge is 0.177 e. The first-order chi connectivity index (χ1) is 11.8. The van der Waals surface area contributed by atoms with E-state index >= 15 is 0 Å². The Labute approximate surface area is 146 Å². The zero-order chi connectivity index (χ0) is 18.0. The molecule has 1 aliphatic rings. The summed E-state index contributed by atoms with van der Waals surface area (Å²) in [5.41, 5.74) is 5.79. The molecule has 0 fully saturated rings. The van der Waals surface area contributed by atoms with Gasteiger partial charge in [-0.15, -0.1) is 5.10 Å². The van der Waals surface area contributed by atoms with Crippen LogP contribution in [0.4, 0.5) is 17.2 Å². The highest BCUT2D eigenvalue weighted by molar-refractivity contribution is 7.90. The Balaban J connectivity index is 2.00. The highest BCUT2D eigenvalue weighted by Gasteiger charge is 2.19. The van der Waals surface area contributed by atoms with Crippen molar-refractivity contribution in [2.45, 2.75) is 11.8 Å². The number of benzene rings is 1. The molecule has 8 nitrogen and oxygen atoms in total. The lowest BCUT2D eigenvalue weighted by atomic mass is 10.2. The van der Waals surface area contributed by atoms with Crippen LogP contribution in [0.2, 0.25) is 0 Å². The summed E-state index contributed by atoms with van der Waals surface area (Å²) in [5, 5.41) is 16.3. The second-order valence-corrected chi connectivity index (χ2v) is 7.90. The van der Waals surface area contributed by atoms with E-state index in [1.54, 1.807) is 30.5 Å². The normalized spacial score (nSPS) is 14.8. The molecule has 3 rings (SSSR count). The van der Waals surface area contributed by atoms with E-state index in [1.807, 2.05) is 25.0 Å². The third-order valence-electron chi connectivity index (χ3n) is 3.64. The van der Waals surface area contributed by atoms with Gasteiger partial charge in [-0.25, -0.2) is 13.4 Å². The van der Waals surface area contributed by atoms with Crippen molar-refractivity contribution in [3.63, 3.8) is 0 Å². The van der Waals surface area contributed by atoms with Crippen molar-refractivity contribution in [2.75, 3.05) is 30.5 Å². The van der Waals surface area contributed by atoms with Crippen molar-refractivity contribution >= 4 is 27.0 Å². The SMILES string of the molecule is Cc1ccc(Nc2cccc(S(C)(=O)=O)c2NC2=CNN(C)C2)nn1. The van der Waals surface area contributed by atoms with Gasteiger partial charge in [-0.2, -0.15) is 5.10 Å². The molecule has 0 saturated carbocycles. The van der Waals surface area contributed by atoms with Crippen LogP contribution < -0.4 is 16.1 Å². The van der Waals surface area contributed by atoms with E-state index in [0.29, 0.717) is 23.7 Å². The van der Waals surface area contributed by atoms with Gasteiger partial charge in [0.1, 0.15) is 0 Å². The van der Waals surface area contributed by atoms with Crippen molar-refractivity contribution in [2.24, 2.45) is 0 Å². The Morgan fingerprint density at radius 2 is 1.96 bits per heavy atom. The van der Waals surface area contributed by atoms with Crippen molar-refractivity contribution in [1.29, 1.82) is 0 Å². The van der Waals surface area contributed by atoms with E-state index in [9.17, 15) is 8.42 Å². The fourth-order valence-corrected chi connectivity index (χ4v) is 3.31. The molecule has 2 heterocycles. The molecule has 25 heavy (non-hydrogen) atoms. The molecule has 0 aliphatic carbocycles. The van der Waals surface area contributed by atoms with Gasteiger partial charge in [0, 0.05) is 25.2 Å². The number of sulfone groups is 1. The Morgan fingerprint density at radius 1 is 1.16 bits per heavy atom. The number of nitrogens with zero attached hydrogens (tertiary/aromatic N) is 3. The van der Waals surface area contributed by atoms with Gasteiger partial charge < -0.3 is 16.1 Å². The maximum Gasteiger partial charge on any atom is 0.177 e. The minimum absolute atomic E-state index is 0.216. The zero-order valence-corrected chi connectivity index (χ0v) is 15.1. The average Bonchev–Trinajstić information content (AvgIpc) is 2.95. The minimum Gasteiger partial charge on any atom is -0.354 e. The summed E-state index contributed by atoms with van der Waals surface area (Å²) in [7, 11) is -1.51. The number of hydrazine groups is 1. The van der Waals surface area contributed by atoms with E-state index in [2.05, 4.69) is 26.3 Å². The van der Waals surface area contributed by atoms with Crippen molar-refractivity contribution in [3.05, 3.63) is 47.9 Å². The number of para-hydroxylation sites is 1. The molecular weight excluding hydrogens is 340 g/mol. The molecule has 1 aromatic heterocycles. The first kappa shape index (κ1) is 17.2. The van der Waals surface area contributed by atoms with Crippen LogP contribution in [0.3, 0.4) is 0 Å². The van der Waals surface area contributed by atoms with Crippen molar-refractivity contribution in [3.8, 4) is 0 Å². The summed E-state index contributed by atoms with van der Waals surface area (Å²) in [4.78, 5) is 0.216. The third-order valence-corrected chi connectivity index (χ3v) is 4.78. The highest BCUT2D eigenvalue weighted by Crippen LogP contribution is 2.33. The van der Waals surface area contributed by atoms with Crippen molar-refractivity contribution < 1.29 is 8.42 Å². The monoisotopic (exact) mass is 360 g/mol. The van der Waals surface area contributed by atoms with Gasteiger partial charge in [-0.05, 0) is 31.2 Å². The Bertz CT molecular complexity index is 909. The van der Waals surface area contributed by atoms with Crippen LogP contribution in [-0.4, -0.2) is 43.5 Å². The number of anilines is 3. The maximum absolute atomic E-state index is 12.2. The fraction of sp³-hybridized carbons (Fsp3) is 0.250. The average molecular weight is 360 g/mol. The maximum atomic E-state index is 12.2. The minimum atomic E-state index is -3.41. The van der Waals surface area contributed by atoms with Gasteiger partial charge in [0.25, 0.3) is 0 Å². The number of hydrogen-bond acceptors (Lipinski definition) is 8. The van der Waals surface area contributed by atoms with E-state index in [0.717, 1.165) is 11.4 Å². The van der Waals surface area contributed by atoms with E-state index < -0.39 is 9.84 Å². The van der Waals surface area contributed by atoms with Crippen LogP contribution in [0.15, 0.2) is 47.1 Å². The number of nitrogens with one attached hydrogen (secondary N) is 3. The van der Waals surface area contributed by atoms with Gasteiger partial charge in [0.15, 0.2) is 15.7 Å². The molecule has 0 atom stereocenters. The van der Waals surface area contributed by atoms with Crippen molar-refractivity contribution in [1.82, 2.24) is 20.6 Å². The second kappa shape index (κ2) is 6.69. The van der Waals surface area contributed by atoms with Gasteiger partial charge in [-0.1, -0.05) is 6.07 Å². The molecule has 1 aliphatic heterocycles. The molecule has 2 aromatic rings. The predicted octanol–water partition coefficient (Wildman–Crippen LogP) is 1.64. The highest BCUT2D eigenvalue weighted by atomic mass is 32.2. The summed E-state index contributed by atoms with van der Waals surface area (Å²) in [6, 6.07) is 8.70. The number of rotatable bonds is 5.